The molecule has 1 amide bonds. The van der Waals surface area contributed by atoms with E-state index in [4.69, 9.17) is 4.74 Å². The predicted octanol–water partition coefficient (Wildman–Crippen LogP) is 1.57. The van der Waals surface area contributed by atoms with Gasteiger partial charge in [0, 0.05) is 25.4 Å². The van der Waals surface area contributed by atoms with Gasteiger partial charge in [0.2, 0.25) is 10.0 Å². The maximum atomic E-state index is 12.2. The van der Waals surface area contributed by atoms with E-state index in [1.807, 2.05) is 13.0 Å². The third kappa shape index (κ3) is 4.60. The Morgan fingerprint density at radius 2 is 1.92 bits per heavy atom. The Bertz CT molecular complexity index is 804. The van der Waals surface area contributed by atoms with Crippen molar-refractivity contribution in [3.05, 3.63) is 53.7 Å². The summed E-state index contributed by atoms with van der Waals surface area (Å²) in [5.41, 5.74) is 1.18. The van der Waals surface area contributed by atoms with Crippen LogP contribution in [0.2, 0.25) is 0 Å². The van der Waals surface area contributed by atoms with Gasteiger partial charge in [0.25, 0.3) is 5.91 Å². The molecule has 0 saturated heterocycles. The van der Waals surface area contributed by atoms with Gasteiger partial charge >= 0.3 is 0 Å². The molecule has 0 spiro atoms. The van der Waals surface area contributed by atoms with Crippen LogP contribution < -0.4 is 10.0 Å². The first-order valence-electron chi connectivity index (χ1n) is 7.25. The first-order valence-corrected chi connectivity index (χ1v) is 8.74. The van der Waals surface area contributed by atoms with Crippen LogP contribution in [0.25, 0.3) is 0 Å². The number of anilines is 1. The quantitative estimate of drug-likeness (QED) is 0.740. The normalized spacial score (nSPS) is 11.2. The number of sulfonamides is 1. The molecule has 0 aliphatic heterocycles. The number of aromatic nitrogens is 1. The number of carbonyl (C=O) groups excluding carboxylic acids is 1. The summed E-state index contributed by atoms with van der Waals surface area (Å²) in [7, 11) is -2.12. The molecule has 2 rings (SSSR count). The Hall–Kier alpha value is -2.29. The lowest BCUT2D eigenvalue weighted by Gasteiger charge is -2.09. The lowest BCUT2D eigenvalue weighted by atomic mass is 10.2. The zero-order valence-corrected chi connectivity index (χ0v) is 14.3. The molecule has 1 aromatic heterocycles. The van der Waals surface area contributed by atoms with Gasteiger partial charge in [-0.15, -0.1) is 0 Å². The Labute approximate surface area is 141 Å². The van der Waals surface area contributed by atoms with Crippen molar-refractivity contribution in [2.45, 2.75) is 11.8 Å². The van der Waals surface area contributed by atoms with Crippen molar-refractivity contribution in [1.82, 2.24) is 9.71 Å². The average molecular weight is 349 g/mol. The molecule has 2 N–H and O–H groups in total. The average Bonchev–Trinajstić information content (AvgIpc) is 2.57. The summed E-state index contributed by atoms with van der Waals surface area (Å²) >= 11 is 0. The zero-order chi connectivity index (χ0) is 17.6. The molecule has 8 heteroatoms. The third-order valence-electron chi connectivity index (χ3n) is 3.27. The van der Waals surface area contributed by atoms with Crippen molar-refractivity contribution < 1.29 is 17.9 Å². The van der Waals surface area contributed by atoms with Gasteiger partial charge in [-0.3, -0.25) is 4.79 Å². The number of hydrogen-bond donors (Lipinski definition) is 2. The smallest absolute Gasteiger partial charge is 0.256 e. The number of pyridine rings is 1. The maximum Gasteiger partial charge on any atom is 0.256 e. The first-order chi connectivity index (χ1) is 11.4. The van der Waals surface area contributed by atoms with Gasteiger partial charge in [0.05, 0.1) is 11.5 Å². The summed E-state index contributed by atoms with van der Waals surface area (Å²) in [4.78, 5) is 16.4. The second-order valence-electron chi connectivity index (χ2n) is 5.04. The number of benzene rings is 1. The summed E-state index contributed by atoms with van der Waals surface area (Å²) in [6.45, 7) is 2.30. The number of amides is 1. The fraction of sp³-hybridized carbons (Fsp3) is 0.250. The number of hydrogen-bond acceptors (Lipinski definition) is 5. The van der Waals surface area contributed by atoms with Crippen LogP contribution in [0.3, 0.4) is 0 Å². The number of ether oxygens (including phenoxy) is 1. The molecule has 1 aromatic carbocycles. The minimum absolute atomic E-state index is 0.0872. The molecule has 0 atom stereocenters. The molecule has 0 fully saturated rings. The summed E-state index contributed by atoms with van der Waals surface area (Å²) in [5, 5.41) is 2.69. The summed E-state index contributed by atoms with van der Waals surface area (Å²) < 4.78 is 31.3. The molecule has 1 heterocycles. The van der Waals surface area contributed by atoms with Gasteiger partial charge < -0.3 is 10.1 Å². The molecule has 7 nitrogen and oxygen atoms in total. The third-order valence-corrected chi connectivity index (χ3v) is 4.74. The molecule has 2 aromatic rings. The molecular weight excluding hydrogens is 330 g/mol. The highest BCUT2D eigenvalue weighted by Gasteiger charge is 2.15. The number of nitrogens with zero attached hydrogens (tertiary/aromatic N) is 1. The Morgan fingerprint density at radius 3 is 2.54 bits per heavy atom. The van der Waals surface area contributed by atoms with Gasteiger partial charge in [-0.05, 0) is 42.8 Å². The van der Waals surface area contributed by atoms with Crippen molar-refractivity contribution in [2.75, 3.05) is 25.6 Å². The molecule has 0 aliphatic carbocycles. The van der Waals surface area contributed by atoms with Crippen LogP contribution in [-0.4, -0.2) is 39.6 Å². The van der Waals surface area contributed by atoms with Crippen molar-refractivity contribution in [1.29, 1.82) is 0 Å². The SMILES string of the molecule is COCCNS(=O)(=O)c1ccc(C(=O)Nc2ncccc2C)cc1. The monoisotopic (exact) mass is 349 g/mol. The van der Waals surface area contributed by atoms with Gasteiger partial charge in [0.15, 0.2) is 0 Å². The summed E-state index contributed by atoms with van der Waals surface area (Å²) in [6, 6.07) is 9.30. The fourth-order valence-corrected chi connectivity index (χ4v) is 2.96. The number of rotatable bonds is 7. The lowest BCUT2D eigenvalue weighted by Crippen LogP contribution is -2.27. The van der Waals surface area contributed by atoms with Crippen molar-refractivity contribution in [2.24, 2.45) is 0 Å². The van der Waals surface area contributed by atoms with Gasteiger partial charge in [0.1, 0.15) is 5.82 Å². The largest absolute Gasteiger partial charge is 0.383 e. The second kappa shape index (κ2) is 8.00. The molecule has 0 radical (unpaired) electrons. The first kappa shape index (κ1) is 18.1. The number of nitrogens with one attached hydrogen (secondary N) is 2. The minimum atomic E-state index is -3.61. The summed E-state index contributed by atoms with van der Waals surface area (Å²) in [6.07, 6.45) is 1.59. The van der Waals surface area contributed by atoms with E-state index in [9.17, 15) is 13.2 Å². The van der Waals surface area contributed by atoms with Gasteiger partial charge in [-0.1, -0.05) is 6.07 Å². The van der Waals surface area contributed by atoms with Crippen LogP contribution in [0, 0.1) is 6.92 Å². The molecule has 0 saturated carbocycles. The van der Waals surface area contributed by atoms with Gasteiger partial charge in [-0.25, -0.2) is 18.1 Å². The molecular formula is C16H19N3O4S. The minimum Gasteiger partial charge on any atom is -0.383 e. The molecule has 24 heavy (non-hydrogen) atoms. The van der Waals surface area contributed by atoms with E-state index >= 15 is 0 Å². The fourth-order valence-electron chi connectivity index (χ4n) is 1.94. The van der Waals surface area contributed by atoms with Crippen molar-refractivity contribution >= 4 is 21.7 Å². The number of aryl methyl sites for hydroxylation is 1. The molecule has 128 valence electrons. The van der Waals surface area contributed by atoms with Crippen molar-refractivity contribution in [3.8, 4) is 0 Å². The number of methoxy groups -OCH3 is 1. The second-order valence-corrected chi connectivity index (χ2v) is 6.80. The van der Waals surface area contributed by atoms with Crippen molar-refractivity contribution in [3.63, 3.8) is 0 Å². The highest BCUT2D eigenvalue weighted by atomic mass is 32.2. The Kier molecular flexibility index (Phi) is 6.02. The zero-order valence-electron chi connectivity index (χ0n) is 13.4. The van der Waals surface area contributed by atoms with E-state index in [1.54, 1.807) is 12.3 Å². The molecule has 0 bridgehead atoms. The van der Waals surface area contributed by atoms with Crippen LogP contribution in [0.15, 0.2) is 47.5 Å². The van der Waals surface area contributed by atoms with Crippen LogP contribution in [0.1, 0.15) is 15.9 Å². The van der Waals surface area contributed by atoms with E-state index < -0.39 is 10.0 Å². The Morgan fingerprint density at radius 1 is 1.21 bits per heavy atom. The summed E-state index contributed by atoms with van der Waals surface area (Å²) in [5.74, 6) is 0.119. The topological polar surface area (TPSA) is 97.4 Å². The van der Waals surface area contributed by atoms with E-state index in [1.165, 1.54) is 31.4 Å². The lowest BCUT2D eigenvalue weighted by molar-refractivity contribution is 0.102. The predicted molar refractivity (Wildman–Crippen MR) is 90.4 cm³/mol. The molecule has 0 aliphatic rings. The van der Waals surface area contributed by atoms with E-state index in [-0.39, 0.29) is 24.0 Å². The van der Waals surface area contributed by atoms with Crippen LogP contribution in [0.4, 0.5) is 5.82 Å². The van der Waals surface area contributed by atoms with E-state index in [0.29, 0.717) is 11.4 Å². The number of carbonyl (C=O) groups is 1. The maximum absolute atomic E-state index is 12.2. The van der Waals surface area contributed by atoms with E-state index in [2.05, 4.69) is 15.0 Å². The van der Waals surface area contributed by atoms with Crippen LogP contribution in [-0.2, 0) is 14.8 Å². The highest BCUT2D eigenvalue weighted by Crippen LogP contribution is 2.14. The van der Waals surface area contributed by atoms with E-state index in [0.717, 1.165) is 5.56 Å². The van der Waals surface area contributed by atoms with Crippen LogP contribution >= 0.6 is 0 Å². The Balaban J connectivity index is 2.09. The van der Waals surface area contributed by atoms with Crippen LogP contribution in [0.5, 0.6) is 0 Å². The molecule has 0 unspecified atom stereocenters. The van der Waals surface area contributed by atoms with Gasteiger partial charge in [-0.2, -0.15) is 0 Å². The standard InChI is InChI=1S/C16H19N3O4S/c1-12-4-3-9-17-15(12)19-16(20)13-5-7-14(8-6-13)24(21,22)18-10-11-23-2/h3-9,18H,10-11H2,1-2H3,(H,17,19,20). The highest BCUT2D eigenvalue weighted by molar-refractivity contribution is 7.89.